The van der Waals surface area contributed by atoms with Crippen LogP contribution < -0.4 is 14.8 Å². The summed E-state index contributed by atoms with van der Waals surface area (Å²) < 4.78 is 16.9. The standard InChI is InChI=1S/C31H34ClNO6/c1-6-17(3)38-31(36)28-18(4)33-24-14-22(20-8-11-23(32)12-9-20)15-25(35)30(24)29(28)21-10-13-26(39-19(5)34)27(16-21)37-7-2/h8-13,16-17,22,29,33H,6-7,14-15H2,1-5H3/t17-,22+,29-/m1/s1. The molecule has 0 fully saturated rings. The number of allylic oxidation sites excluding steroid dienone is 3. The van der Waals surface area contributed by atoms with Gasteiger partial charge < -0.3 is 19.5 Å². The predicted octanol–water partition coefficient (Wildman–Crippen LogP) is 6.37. The lowest BCUT2D eigenvalue weighted by Crippen LogP contribution is -2.36. The molecule has 1 aliphatic heterocycles. The first kappa shape index (κ1) is 28.4. The lowest BCUT2D eigenvalue weighted by Gasteiger charge is -2.37. The third kappa shape index (κ3) is 6.19. The van der Waals surface area contributed by atoms with Crippen molar-refractivity contribution in [2.45, 2.75) is 71.8 Å². The first-order valence-electron chi connectivity index (χ1n) is 13.3. The molecule has 0 amide bonds. The molecule has 4 rings (SSSR count). The zero-order valence-electron chi connectivity index (χ0n) is 22.9. The van der Waals surface area contributed by atoms with Crippen molar-refractivity contribution in [2.24, 2.45) is 0 Å². The second-order valence-electron chi connectivity index (χ2n) is 9.93. The van der Waals surface area contributed by atoms with Gasteiger partial charge in [-0.25, -0.2) is 4.79 Å². The summed E-state index contributed by atoms with van der Waals surface area (Å²) in [6.07, 6.45) is 1.29. The van der Waals surface area contributed by atoms with Crippen molar-refractivity contribution in [1.82, 2.24) is 5.32 Å². The number of carbonyl (C=O) groups excluding carboxylic acids is 3. The van der Waals surface area contributed by atoms with E-state index in [-0.39, 0.29) is 23.6 Å². The minimum Gasteiger partial charge on any atom is -0.490 e. The molecule has 7 nitrogen and oxygen atoms in total. The van der Waals surface area contributed by atoms with Crippen LogP contribution >= 0.6 is 11.6 Å². The molecule has 2 aliphatic rings. The van der Waals surface area contributed by atoms with Crippen LogP contribution in [0.25, 0.3) is 0 Å². The van der Waals surface area contributed by atoms with Gasteiger partial charge in [0.15, 0.2) is 17.3 Å². The second-order valence-corrected chi connectivity index (χ2v) is 10.4. The van der Waals surface area contributed by atoms with E-state index < -0.39 is 17.9 Å². The van der Waals surface area contributed by atoms with E-state index >= 15 is 0 Å². The maximum Gasteiger partial charge on any atom is 0.337 e. The number of esters is 2. The van der Waals surface area contributed by atoms with Gasteiger partial charge in [0.05, 0.1) is 18.3 Å². The van der Waals surface area contributed by atoms with E-state index in [1.54, 1.807) is 18.2 Å². The number of benzene rings is 2. The van der Waals surface area contributed by atoms with Crippen molar-refractivity contribution < 1.29 is 28.6 Å². The van der Waals surface area contributed by atoms with Crippen molar-refractivity contribution in [3.05, 3.63) is 81.2 Å². The van der Waals surface area contributed by atoms with E-state index in [1.165, 1.54) is 6.92 Å². The second kappa shape index (κ2) is 12.1. The predicted molar refractivity (Wildman–Crippen MR) is 149 cm³/mol. The number of hydrogen-bond donors (Lipinski definition) is 1. The molecule has 3 atom stereocenters. The van der Waals surface area contributed by atoms with Crippen molar-refractivity contribution in [2.75, 3.05) is 6.61 Å². The van der Waals surface area contributed by atoms with Gasteiger partial charge in [0.2, 0.25) is 0 Å². The van der Waals surface area contributed by atoms with Crippen molar-refractivity contribution in [3.63, 3.8) is 0 Å². The van der Waals surface area contributed by atoms with E-state index in [4.69, 9.17) is 25.8 Å². The van der Waals surface area contributed by atoms with Gasteiger partial charge in [0.1, 0.15) is 0 Å². The topological polar surface area (TPSA) is 90.9 Å². The summed E-state index contributed by atoms with van der Waals surface area (Å²) in [7, 11) is 0. The summed E-state index contributed by atoms with van der Waals surface area (Å²) in [5.74, 6) is -1.04. The Bertz CT molecular complexity index is 1340. The molecule has 2 aromatic carbocycles. The Morgan fingerprint density at radius 2 is 1.74 bits per heavy atom. The molecular formula is C31H34ClNO6. The highest BCUT2D eigenvalue weighted by Crippen LogP contribution is 2.47. The Hall–Kier alpha value is -3.58. The van der Waals surface area contributed by atoms with Crippen LogP contribution in [0.2, 0.25) is 5.02 Å². The molecule has 1 N–H and O–H groups in total. The van der Waals surface area contributed by atoms with Crippen molar-refractivity contribution in [3.8, 4) is 11.5 Å². The molecule has 2 aromatic rings. The van der Waals surface area contributed by atoms with E-state index in [2.05, 4.69) is 5.32 Å². The minimum absolute atomic E-state index is 0.0200. The number of ether oxygens (including phenoxy) is 3. The van der Waals surface area contributed by atoms with Crippen LogP contribution in [-0.2, 0) is 19.1 Å². The van der Waals surface area contributed by atoms with Gasteiger partial charge in [-0.05, 0) is 74.9 Å². The first-order valence-corrected chi connectivity index (χ1v) is 13.7. The summed E-state index contributed by atoms with van der Waals surface area (Å²) in [6.45, 7) is 9.11. The monoisotopic (exact) mass is 551 g/mol. The zero-order valence-corrected chi connectivity index (χ0v) is 23.7. The Morgan fingerprint density at radius 3 is 2.38 bits per heavy atom. The van der Waals surface area contributed by atoms with Crippen LogP contribution in [0.1, 0.15) is 76.8 Å². The Balaban J connectivity index is 1.82. The largest absolute Gasteiger partial charge is 0.490 e. The van der Waals surface area contributed by atoms with Crippen LogP contribution in [0, 0.1) is 0 Å². The number of halogens is 1. The summed E-state index contributed by atoms with van der Waals surface area (Å²) in [5, 5.41) is 4.01. The SMILES string of the molecule is CCOc1cc([C@@H]2C(C(=O)O[C@H](C)CC)=C(C)NC3=C2C(=O)C[C@@H](c2ccc(Cl)cc2)C3)ccc1OC(C)=O. The number of nitrogens with one attached hydrogen (secondary N) is 1. The molecule has 8 heteroatoms. The summed E-state index contributed by atoms with van der Waals surface area (Å²) >= 11 is 6.09. The highest BCUT2D eigenvalue weighted by atomic mass is 35.5. The average molecular weight is 552 g/mol. The molecule has 0 bridgehead atoms. The van der Waals surface area contributed by atoms with Gasteiger partial charge in [-0.1, -0.05) is 36.7 Å². The Kier molecular flexibility index (Phi) is 8.80. The quantitative estimate of drug-likeness (QED) is 0.301. The van der Waals surface area contributed by atoms with Gasteiger partial charge in [0.25, 0.3) is 0 Å². The fourth-order valence-corrected chi connectivity index (χ4v) is 5.28. The third-order valence-corrected chi connectivity index (χ3v) is 7.38. The lowest BCUT2D eigenvalue weighted by molar-refractivity contribution is -0.144. The molecule has 0 spiro atoms. The van der Waals surface area contributed by atoms with Crippen LogP contribution in [-0.4, -0.2) is 30.4 Å². The van der Waals surface area contributed by atoms with Gasteiger partial charge in [-0.2, -0.15) is 0 Å². The lowest BCUT2D eigenvalue weighted by atomic mass is 9.71. The summed E-state index contributed by atoms with van der Waals surface area (Å²) in [4.78, 5) is 39.0. The first-order chi connectivity index (χ1) is 18.6. The number of Topliss-reactive ketones (excluding diaryl/α,β-unsaturated/α-hetero) is 1. The minimum atomic E-state index is -0.665. The third-order valence-electron chi connectivity index (χ3n) is 7.13. The number of carbonyl (C=O) groups is 3. The van der Waals surface area contributed by atoms with Gasteiger partial charge in [-0.3, -0.25) is 9.59 Å². The smallest absolute Gasteiger partial charge is 0.337 e. The maximum atomic E-state index is 13.8. The molecule has 0 unspecified atom stereocenters. The summed E-state index contributed by atoms with van der Waals surface area (Å²) in [5.41, 5.74) is 4.07. The fourth-order valence-electron chi connectivity index (χ4n) is 5.15. The molecule has 0 saturated carbocycles. The Morgan fingerprint density at radius 1 is 1.05 bits per heavy atom. The van der Waals surface area contributed by atoms with E-state index in [0.29, 0.717) is 59.0 Å². The van der Waals surface area contributed by atoms with Crippen molar-refractivity contribution >= 4 is 29.3 Å². The molecule has 0 radical (unpaired) electrons. The molecule has 0 saturated heterocycles. The van der Waals surface area contributed by atoms with Gasteiger partial charge >= 0.3 is 11.9 Å². The van der Waals surface area contributed by atoms with Gasteiger partial charge in [0, 0.05) is 41.3 Å². The zero-order chi connectivity index (χ0) is 28.3. The molecular weight excluding hydrogens is 518 g/mol. The Labute approximate surface area is 234 Å². The van der Waals surface area contributed by atoms with Gasteiger partial charge in [-0.15, -0.1) is 0 Å². The van der Waals surface area contributed by atoms with E-state index in [1.807, 2.05) is 52.0 Å². The highest BCUT2D eigenvalue weighted by Gasteiger charge is 2.42. The molecule has 1 aliphatic carbocycles. The van der Waals surface area contributed by atoms with Crippen LogP contribution in [0.15, 0.2) is 65.0 Å². The molecule has 1 heterocycles. The number of hydrogen-bond acceptors (Lipinski definition) is 7. The molecule has 206 valence electrons. The number of rotatable bonds is 8. The van der Waals surface area contributed by atoms with Crippen LogP contribution in [0.5, 0.6) is 11.5 Å². The summed E-state index contributed by atoms with van der Waals surface area (Å²) in [6, 6.07) is 12.7. The van der Waals surface area contributed by atoms with Crippen molar-refractivity contribution in [1.29, 1.82) is 0 Å². The number of ketones is 1. The van der Waals surface area contributed by atoms with E-state index in [9.17, 15) is 14.4 Å². The van der Waals surface area contributed by atoms with Crippen LogP contribution in [0.4, 0.5) is 0 Å². The van der Waals surface area contributed by atoms with Crippen LogP contribution in [0.3, 0.4) is 0 Å². The fraction of sp³-hybridized carbons (Fsp3) is 0.387. The van der Waals surface area contributed by atoms with E-state index in [0.717, 1.165) is 11.3 Å². The number of dihydropyridines is 1. The maximum absolute atomic E-state index is 13.8. The average Bonchev–Trinajstić information content (AvgIpc) is 2.88. The normalized spacial score (nSPS) is 19.7. The molecule has 0 aromatic heterocycles. The highest BCUT2D eigenvalue weighted by molar-refractivity contribution is 6.30. The molecule has 39 heavy (non-hydrogen) atoms.